The van der Waals surface area contributed by atoms with E-state index in [1.165, 1.54) is 19.9 Å². The van der Waals surface area contributed by atoms with Gasteiger partial charge in [0, 0.05) is 6.92 Å². The number of carbonyl (C=O) groups excluding carboxylic acids is 2. The summed E-state index contributed by atoms with van der Waals surface area (Å²) in [6, 6.07) is 11.7. The smallest absolute Gasteiger partial charge is 0.274 e. The van der Waals surface area contributed by atoms with Crippen LogP contribution in [0.5, 0.6) is 0 Å². The van der Waals surface area contributed by atoms with E-state index >= 15 is 0 Å². The second-order valence-electron chi connectivity index (χ2n) is 7.25. The summed E-state index contributed by atoms with van der Waals surface area (Å²) in [5, 5.41) is 0. The highest BCUT2D eigenvalue weighted by Gasteiger charge is 2.47. The Morgan fingerprint density at radius 1 is 1.03 bits per heavy atom. The topological polar surface area (TPSA) is 71.5 Å². The minimum atomic E-state index is -4.59. The van der Waals surface area contributed by atoms with E-state index in [1.54, 1.807) is 30.3 Å². The van der Waals surface area contributed by atoms with Crippen LogP contribution in [0, 0.1) is 5.41 Å². The van der Waals surface area contributed by atoms with Crippen molar-refractivity contribution in [3.05, 3.63) is 71.8 Å². The van der Waals surface area contributed by atoms with Crippen molar-refractivity contribution in [1.82, 2.24) is 4.90 Å². The van der Waals surface area contributed by atoms with Gasteiger partial charge in [0.05, 0.1) is 27.3 Å². The second kappa shape index (κ2) is 7.39. The number of nitrogens with zero attached hydrogens (tertiary/aromatic N) is 1. The summed E-state index contributed by atoms with van der Waals surface area (Å²) in [5.41, 5.74) is -1.69. The summed E-state index contributed by atoms with van der Waals surface area (Å²) in [4.78, 5) is 25.7. The summed E-state index contributed by atoms with van der Waals surface area (Å²) in [7, 11) is -4.12. The number of halogens is 3. The first-order chi connectivity index (χ1) is 13.8. The molecule has 0 bridgehead atoms. The van der Waals surface area contributed by atoms with Crippen molar-refractivity contribution in [2.45, 2.75) is 24.9 Å². The molecule has 0 aliphatic carbocycles. The van der Waals surface area contributed by atoms with Crippen molar-refractivity contribution in [2.75, 3.05) is 5.75 Å². The normalized spacial score (nSPS) is 19.7. The fourth-order valence-electron chi connectivity index (χ4n) is 3.36. The Labute approximate surface area is 171 Å². The molecule has 0 radical (unpaired) electrons. The quantitative estimate of drug-likeness (QED) is 0.727. The summed E-state index contributed by atoms with van der Waals surface area (Å²) >= 11 is 0. The molecule has 2 aromatic carbocycles. The third-order valence-electron chi connectivity index (χ3n) is 4.80. The molecule has 0 fully saturated rings. The molecule has 0 saturated carbocycles. The fourth-order valence-corrected chi connectivity index (χ4v) is 5.07. The number of hydrogen-bond acceptors (Lipinski definition) is 4. The molecule has 2 aromatic rings. The summed E-state index contributed by atoms with van der Waals surface area (Å²) in [6.45, 7) is 2.59. The van der Waals surface area contributed by atoms with Crippen molar-refractivity contribution in [1.29, 1.82) is 0 Å². The predicted octanol–water partition coefficient (Wildman–Crippen LogP) is 3.92. The van der Waals surface area contributed by atoms with Crippen LogP contribution in [-0.2, 0) is 25.6 Å². The molecule has 1 aliphatic rings. The van der Waals surface area contributed by atoms with Crippen molar-refractivity contribution >= 4 is 27.3 Å². The largest absolute Gasteiger partial charge is 0.416 e. The molecule has 1 aliphatic heterocycles. The molecule has 0 N–H and O–H groups in total. The second-order valence-corrected chi connectivity index (χ2v) is 9.24. The van der Waals surface area contributed by atoms with E-state index < -0.39 is 44.6 Å². The summed E-state index contributed by atoms with van der Waals surface area (Å²) in [6.07, 6.45) is -3.17. The van der Waals surface area contributed by atoms with Gasteiger partial charge in [-0.25, -0.2) is 13.3 Å². The molecule has 3 rings (SSSR count). The molecule has 30 heavy (non-hydrogen) atoms. The molecule has 2 amide bonds. The van der Waals surface area contributed by atoms with E-state index in [0.29, 0.717) is 17.7 Å². The number of alkyl halides is 3. The Morgan fingerprint density at radius 3 is 2.10 bits per heavy atom. The Hall–Kier alpha value is -2.94. The molecular formula is C21H18F3NO4S. The number of hydrogen-bond donors (Lipinski definition) is 0. The Bertz CT molecular complexity index is 1120. The van der Waals surface area contributed by atoms with Crippen LogP contribution >= 0.6 is 0 Å². The summed E-state index contributed by atoms with van der Waals surface area (Å²) in [5.74, 6) is -1.96. The van der Waals surface area contributed by atoms with Gasteiger partial charge in [-0.2, -0.15) is 13.2 Å². The lowest BCUT2D eigenvalue weighted by molar-refractivity contribution is -0.142. The Kier molecular flexibility index (Phi) is 5.36. The number of sulfone groups is 1. The van der Waals surface area contributed by atoms with E-state index in [2.05, 4.69) is 0 Å². The first-order valence-corrected chi connectivity index (χ1v) is 10.5. The van der Waals surface area contributed by atoms with Gasteiger partial charge in [-0.15, -0.1) is 0 Å². The Balaban J connectivity index is 1.99. The zero-order valence-electron chi connectivity index (χ0n) is 16.1. The maximum atomic E-state index is 13.0. The molecule has 0 aromatic heterocycles. The van der Waals surface area contributed by atoms with Crippen molar-refractivity contribution < 1.29 is 31.2 Å². The zero-order valence-corrected chi connectivity index (χ0v) is 16.9. The van der Waals surface area contributed by atoms with Gasteiger partial charge in [0.15, 0.2) is 9.84 Å². The number of rotatable bonds is 4. The average Bonchev–Trinajstić information content (AvgIpc) is 2.92. The van der Waals surface area contributed by atoms with E-state index in [0.717, 1.165) is 17.0 Å². The lowest BCUT2D eigenvalue weighted by Crippen LogP contribution is -2.40. The van der Waals surface area contributed by atoms with Gasteiger partial charge in [0.1, 0.15) is 0 Å². The van der Waals surface area contributed by atoms with Gasteiger partial charge in [0.25, 0.3) is 0 Å². The zero-order chi connectivity index (χ0) is 22.3. The highest BCUT2D eigenvalue weighted by Crippen LogP contribution is 2.40. The molecule has 1 unspecified atom stereocenters. The number of amides is 2. The average molecular weight is 437 g/mol. The minimum Gasteiger partial charge on any atom is -0.274 e. The van der Waals surface area contributed by atoms with Crippen LogP contribution in [0.4, 0.5) is 13.2 Å². The number of carbonyl (C=O) groups is 2. The van der Waals surface area contributed by atoms with E-state index in [1.807, 2.05) is 0 Å². The maximum absolute atomic E-state index is 13.0. The van der Waals surface area contributed by atoms with E-state index in [4.69, 9.17) is 0 Å². The van der Waals surface area contributed by atoms with E-state index in [9.17, 15) is 31.2 Å². The molecule has 5 nitrogen and oxygen atoms in total. The van der Waals surface area contributed by atoms with Gasteiger partial charge in [-0.3, -0.25) is 9.59 Å². The van der Waals surface area contributed by atoms with Crippen molar-refractivity contribution in [2.24, 2.45) is 5.41 Å². The minimum absolute atomic E-state index is 0.276. The van der Waals surface area contributed by atoms with Crippen LogP contribution in [0.1, 0.15) is 25.0 Å². The summed E-state index contributed by atoms with van der Waals surface area (Å²) < 4.78 is 63.9. The van der Waals surface area contributed by atoms with Crippen LogP contribution in [0.3, 0.4) is 0 Å². The highest BCUT2D eigenvalue weighted by atomic mass is 32.2. The lowest BCUT2D eigenvalue weighted by atomic mass is 9.93. The van der Waals surface area contributed by atoms with Crippen LogP contribution in [0.25, 0.3) is 5.70 Å². The van der Waals surface area contributed by atoms with Gasteiger partial charge in [-0.05, 0) is 42.8 Å². The molecule has 158 valence electrons. The third-order valence-corrected chi connectivity index (χ3v) is 6.77. The molecule has 0 saturated heterocycles. The molecule has 0 spiro atoms. The van der Waals surface area contributed by atoms with Crippen LogP contribution < -0.4 is 0 Å². The van der Waals surface area contributed by atoms with Crippen molar-refractivity contribution in [3.63, 3.8) is 0 Å². The van der Waals surface area contributed by atoms with E-state index in [-0.39, 0.29) is 10.6 Å². The van der Waals surface area contributed by atoms with Crippen molar-refractivity contribution in [3.8, 4) is 0 Å². The van der Waals surface area contributed by atoms with Crippen LogP contribution in [0.2, 0.25) is 0 Å². The molecule has 1 heterocycles. The predicted molar refractivity (Wildman–Crippen MR) is 104 cm³/mol. The first-order valence-electron chi connectivity index (χ1n) is 8.89. The van der Waals surface area contributed by atoms with Gasteiger partial charge in [0.2, 0.25) is 11.8 Å². The molecular weight excluding hydrogens is 419 g/mol. The highest BCUT2D eigenvalue weighted by molar-refractivity contribution is 7.91. The molecule has 1 atom stereocenters. The van der Waals surface area contributed by atoms with Crippen LogP contribution in [-0.4, -0.2) is 30.9 Å². The van der Waals surface area contributed by atoms with Gasteiger partial charge in [-0.1, -0.05) is 30.3 Å². The molecule has 9 heteroatoms. The monoisotopic (exact) mass is 437 g/mol. The fraction of sp³-hybridized carbons (Fsp3) is 0.238. The standard InChI is InChI=1S/C21H18F3NO4S/c1-14(26)25-18(15-6-4-3-5-7-15)12-20(2,19(25)27)13-30(28,29)17-10-8-16(9-11-17)21(22,23)24/h3-12H,13H2,1-2H3. The Morgan fingerprint density at radius 2 is 1.60 bits per heavy atom. The lowest BCUT2D eigenvalue weighted by Gasteiger charge is -2.23. The SMILES string of the molecule is CC(=O)N1C(=O)C(C)(CS(=O)(=O)c2ccc(C(F)(F)F)cc2)C=C1c1ccccc1. The van der Waals surface area contributed by atoms with Crippen LogP contribution in [0.15, 0.2) is 65.6 Å². The number of benzene rings is 2. The third kappa shape index (κ3) is 4.02. The van der Waals surface area contributed by atoms with Gasteiger partial charge >= 0.3 is 6.18 Å². The first kappa shape index (κ1) is 21.8. The van der Waals surface area contributed by atoms with Gasteiger partial charge < -0.3 is 0 Å². The maximum Gasteiger partial charge on any atom is 0.416 e. The number of imide groups is 1.